The van der Waals surface area contributed by atoms with Gasteiger partial charge in [-0.1, -0.05) is 31.7 Å². The SMILES string of the molecule is CSc1nc2n(n1)[C@@H](c1ccco1)[C@@H]1C(=O)CC(C)(C)C=C1N2. The number of allylic oxidation sites excluding steroid dienone is 2. The molecule has 0 saturated carbocycles. The van der Waals surface area contributed by atoms with Crippen molar-refractivity contribution < 1.29 is 9.21 Å². The highest BCUT2D eigenvalue weighted by atomic mass is 32.2. The molecule has 0 saturated heterocycles. The lowest BCUT2D eigenvalue weighted by Crippen LogP contribution is -2.41. The summed E-state index contributed by atoms with van der Waals surface area (Å²) in [4.78, 5) is 17.3. The Kier molecular flexibility index (Phi) is 3.16. The van der Waals surface area contributed by atoms with Crippen molar-refractivity contribution in [2.45, 2.75) is 31.5 Å². The summed E-state index contributed by atoms with van der Waals surface area (Å²) < 4.78 is 7.40. The third-order valence-electron chi connectivity index (χ3n) is 4.32. The van der Waals surface area contributed by atoms with Crippen molar-refractivity contribution in [2.24, 2.45) is 11.3 Å². The molecule has 0 aromatic carbocycles. The maximum Gasteiger partial charge on any atom is 0.227 e. The Balaban J connectivity index is 1.91. The standard InChI is InChI=1S/C16H18N4O2S/c1-16(2)7-9-12(10(21)8-16)13(11-5-4-6-22-11)20-14(17-9)18-15(19-20)23-3/h4-7,12-13H,8H2,1-3H3,(H,17,18,19)/t12-,13-/m0/s1. The quantitative estimate of drug-likeness (QED) is 0.853. The van der Waals surface area contributed by atoms with Gasteiger partial charge in [-0.05, 0) is 23.8 Å². The zero-order chi connectivity index (χ0) is 16.2. The zero-order valence-corrected chi connectivity index (χ0v) is 14.1. The number of furan rings is 1. The second-order valence-electron chi connectivity index (χ2n) is 6.66. The Hall–Kier alpha value is -2.02. The van der Waals surface area contributed by atoms with E-state index in [1.165, 1.54) is 11.8 Å². The molecule has 0 bridgehead atoms. The van der Waals surface area contributed by atoms with Crippen molar-refractivity contribution in [1.82, 2.24) is 14.8 Å². The predicted molar refractivity (Wildman–Crippen MR) is 87.3 cm³/mol. The van der Waals surface area contributed by atoms with Gasteiger partial charge in [-0.3, -0.25) is 4.79 Å². The molecule has 2 aromatic rings. The van der Waals surface area contributed by atoms with Crippen LogP contribution in [0.15, 0.2) is 39.7 Å². The smallest absolute Gasteiger partial charge is 0.227 e. The lowest BCUT2D eigenvalue weighted by atomic mass is 9.73. The number of thioether (sulfide) groups is 1. The van der Waals surface area contributed by atoms with Crippen LogP contribution in [0.4, 0.5) is 5.95 Å². The zero-order valence-electron chi connectivity index (χ0n) is 13.2. The summed E-state index contributed by atoms with van der Waals surface area (Å²) in [6.45, 7) is 4.15. The fraction of sp³-hybridized carbons (Fsp3) is 0.438. The van der Waals surface area contributed by atoms with E-state index in [-0.39, 0.29) is 23.2 Å². The van der Waals surface area contributed by atoms with E-state index < -0.39 is 0 Å². The number of carbonyl (C=O) groups excluding carboxylic acids is 1. The monoisotopic (exact) mass is 330 g/mol. The molecule has 7 heteroatoms. The number of hydrogen-bond acceptors (Lipinski definition) is 6. The molecule has 1 N–H and O–H groups in total. The first kappa shape index (κ1) is 14.6. The topological polar surface area (TPSA) is 73.0 Å². The van der Waals surface area contributed by atoms with Crippen LogP contribution in [0.3, 0.4) is 0 Å². The van der Waals surface area contributed by atoms with Gasteiger partial charge in [0.15, 0.2) is 0 Å². The van der Waals surface area contributed by atoms with Gasteiger partial charge in [-0.2, -0.15) is 4.98 Å². The number of carbonyl (C=O) groups is 1. The molecule has 0 fully saturated rings. The summed E-state index contributed by atoms with van der Waals surface area (Å²) in [6, 6.07) is 3.44. The number of nitrogens with one attached hydrogen (secondary N) is 1. The van der Waals surface area contributed by atoms with Gasteiger partial charge >= 0.3 is 0 Å². The van der Waals surface area contributed by atoms with E-state index in [1.54, 1.807) is 10.9 Å². The van der Waals surface area contributed by atoms with Crippen LogP contribution in [0.2, 0.25) is 0 Å². The Morgan fingerprint density at radius 1 is 1.48 bits per heavy atom. The van der Waals surface area contributed by atoms with Gasteiger partial charge in [-0.15, -0.1) is 5.10 Å². The second kappa shape index (κ2) is 4.99. The van der Waals surface area contributed by atoms with Gasteiger partial charge in [0, 0.05) is 12.1 Å². The summed E-state index contributed by atoms with van der Waals surface area (Å²) >= 11 is 1.48. The maximum absolute atomic E-state index is 12.8. The highest BCUT2D eigenvalue weighted by molar-refractivity contribution is 7.98. The van der Waals surface area contributed by atoms with Gasteiger partial charge in [-0.25, -0.2) is 4.68 Å². The molecule has 2 aromatic heterocycles. The molecule has 0 radical (unpaired) electrons. The molecular weight excluding hydrogens is 312 g/mol. The Labute approximate surface area is 138 Å². The lowest BCUT2D eigenvalue weighted by molar-refractivity contribution is -0.125. The molecule has 0 amide bonds. The second-order valence-corrected chi connectivity index (χ2v) is 7.43. The maximum atomic E-state index is 12.8. The van der Waals surface area contributed by atoms with E-state index in [4.69, 9.17) is 4.42 Å². The first-order valence-corrected chi connectivity index (χ1v) is 8.77. The number of anilines is 1. The van der Waals surface area contributed by atoms with Gasteiger partial charge in [0.05, 0.1) is 12.2 Å². The fourth-order valence-electron chi connectivity index (χ4n) is 3.44. The van der Waals surface area contributed by atoms with E-state index in [2.05, 4.69) is 35.3 Å². The summed E-state index contributed by atoms with van der Waals surface area (Å²) in [5, 5.41) is 8.52. The minimum atomic E-state index is -0.307. The normalized spacial score (nSPS) is 25.3. The largest absolute Gasteiger partial charge is 0.467 e. The third-order valence-corrected chi connectivity index (χ3v) is 4.86. The predicted octanol–water partition coefficient (Wildman–Crippen LogP) is 3.11. The van der Waals surface area contributed by atoms with Crippen molar-refractivity contribution in [3.63, 3.8) is 0 Å². The molecule has 0 unspecified atom stereocenters. The summed E-state index contributed by atoms with van der Waals surface area (Å²) in [7, 11) is 0. The highest BCUT2D eigenvalue weighted by Crippen LogP contribution is 2.45. The lowest BCUT2D eigenvalue weighted by Gasteiger charge is -2.39. The number of rotatable bonds is 2. The molecule has 23 heavy (non-hydrogen) atoms. The van der Waals surface area contributed by atoms with Crippen LogP contribution in [0.5, 0.6) is 0 Å². The molecule has 0 spiro atoms. The molecule has 3 heterocycles. The van der Waals surface area contributed by atoms with Crippen LogP contribution in [0.25, 0.3) is 0 Å². The molecule has 1 aliphatic heterocycles. The van der Waals surface area contributed by atoms with E-state index in [0.717, 1.165) is 11.5 Å². The Morgan fingerprint density at radius 3 is 3.00 bits per heavy atom. The van der Waals surface area contributed by atoms with E-state index in [9.17, 15) is 4.79 Å². The molecule has 4 rings (SSSR count). The third kappa shape index (κ3) is 2.30. The number of Topliss-reactive ketones (excluding diaryl/α,β-unsaturated/α-hetero) is 1. The van der Waals surface area contributed by atoms with Crippen LogP contribution in [0.1, 0.15) is 32.1 Å². The average molecular weight is 330 g/mol. The van der Waals surface area contributed by atoms with E-state index >= 15 is 0 Å². The number of ketones is 1. The van der Waals surface area contributed by atoms with Crippen LogP contribution >= 0.6 is 11.8 Å². The van der Waals surface area contributed by atoms with Crippen molar-refractivity contribution >= 4 is 23.5 Å². The number of aromatic nitrogens is 3. The van der Waals surface area contributed by atoms with Gasteiger partial charge < -0.3 is 9.73 Å². The Bertz CT molecular complexity index is 791. The van der Waals surface area contributed by atoms with Crippen molar-refractivity contribution in [1.29, 1.82) is 0 Å². The van der Waals surface area contributed by atoms with E-state index in [0.29, 0.717) is 17.5 Å². The molecule has 6 nitrogen and oxygen atoms in total. The van der Waals surface area contributed by atoms with Crippen LogP contribution in [-0.2, 0) is 4.79 Å². The summed E-state index contributed by atoms with van der Waals surface area (Å²) in [5.41, 5.74) is 0.744. The van der Waals surface area contributed by atoms with Gasteiger partial charge in [0.1, 0.15) is 17.6 Å². The van der Waals surface area contributed by atoms with Crippen molar-refractivity contribution in [3.8, 4) is 0 Å². The first-order chi connectivity index (χ1) is 11.0. The van der Waals surface area contributed by atoms with Crippen LogP contribution in [-0.4, -0.2) is 26.8 Å². The fourth-order valence-corrected chi connectivity index (χ4v) is 3.79. The Morgan fingerprint density at radius 2 is 2.30 bits per heavy atom. The number of hydrogen-bond donors (Lipinski definition) is 1. The summed E-state index contributed by atoms with van der Waals surface area (Å²) in [6.07, 6.45) is 6.22. The number of nitrogens with zero attached hydrogens (tertiary/aromatic N) is 3. The molecule has 2 aliphatic rings. The number of fused-ring (bicyclic) bond motifs is 2. The minimum absolute atomic E-state index is 0.159. The van der Waals surface area contributed by atoms with Crippen molar-refractivity contribution in [2.75, 3.05) is 11.6 Å². The van der Waals surface area contributed by atoms with Gasteiger partial charge in [0.2, 0.25) is 11.1 Å². The average Bonchev–Trinajstić information content (AvgIpc) is 3.12. The molecular formula is C16H18N4O2S. The van der Waals surface area contributed by atoms with Crippen LogP contribution < -0.4 is 5.32 Å². The van der Waals surface area contributed by atoms with Crippen LogP contribution in [0, 0.1) is 11.3 Å². The highest BCUT2D eigenvalue weighted by Gasteiger charge is 2.46. The minimum Gasteiger partial charge on any atom is -0.467 e. The molecule has 2 atom stereocenters. The van der Waals surface area contributed by atoms with Gasteiger partial charge in [0.25, 0.3) is 0 Å². The van der Waals surface area contributed by atoms with Crippen molar-refractivity contribution in [3.05, 3.63) is 35.9 Å². The first-order valence-electron chi connectivity index (χ1n) is 7.55. The molecule has 1 aliphatic carbocycles. The van der Waals surface area contributed by atoms with E-state index in [1.807, 2.05) is 18.4 Å². The molecule has 120 valence electrons. The summed E-state index contributed by atoms with van der Waals surface area (Å²) in [5.74, 6) is 1.28.